The van der Waals surface area contributed by atoms with Crippen LogP contribution in [0.4, 0.5) is 0 Å². The maximum absolute atomic E-state index is 11.7. The van der Waals surface area contributed by atoms with Crippen LogP contribution in [-0.2, 0) is 9.84 Å². The molecule has 1 rings (SSSR count). The van der Waals surface area contributed by atoms with E-state index in [9.17, 15) is 8.42 Å². The summed E-state index contributed by atoms with van der Waals surface area (Å²) in [6.07, 6.45) is 0. The van der Waals surface area contributed by atoms with E-state index in [-0.39, 0.29) is 17.0 Å². The Bertz CT molecular complexity index is 486. The van der Waals surface area contributed by atoms with Crippen molar-refractivity contribution in [1.29, 1.82) is 0 Å². The van der Waals surface area contributed by atoms with Crippen molar-refractivity contribution in [2.45, 2.75) is 32.1 Å². The molecule has 1 atom stereocenters. The second-order valence-electron chi connectivity index (χ2n) is 4.61. The molecule has 0 saturated carbocycles. The number of benzene rings is 1. The quantitative estimate of drug-likeness (QED) is 0.870. The molecule has 1 N–H and O–H groups in total. The molecule has 0 aliphatic heterocycles. The summed E-state index contributed by atoms with van der Waals surface area (Å²) >= 11 is 3.49. The van der Waals surface area contributed by atoms with Crippen molar-refractivity contribution in [2.75, 3.05) is 12.3 Å². The van der Waals surface area contributed by atoms with Crippen LogP contribution in [0.2, 0.25) is 0 Å². The van der Waals surface area contributed by atoms with Crippen molar-refractivity contribution in [1.82, 2.24) is 5.32 Å². The smallest absolute Gasteiger partial charge is 0.153 e. The van der Waals surface area contributed by atoms with E-state index in [4.69, 9.17) is 0 Å². The topological polar surface area (TPSA) is 46.2 Å². The highest BCUT2D eigenvalue weighted by molar-refractivity contribution is 9.10. The average Bonchev–Trinajstić information content (AvgIpc) is 2.29. The highest BCUT2D eigenvalue weighted by Gasteiger charge is 2.16. The lowest BCUT2D eigenvalue weighted by Gasteiger charge is -2.16. The molecular weight excluding hydrogens is 314 g/mol. The van der Waals surface area contributed by atoms with Crippen molar-refractivity contribution in [2.24, 2.45) is 0 Å². The first-order valence-electron chi connectivity index (χ1n) is 6.04. The molecule has 1 aromatic rings. The molecule has 0 aromatic heterocycles. The van der Waals surface area contributed by atoms with Gasteiger partial charge in [-0.1, -0.05) is 34.1 Å². The number of rotatable bonds is 6. The molecule has 0 bridgehead atoms. The van der Waals surface area contributed by atoms with Crippen LogP contribution < -0.4 is 5.32 Å². The van der Waals surface area contributed by atoms with Gasteiger partial charge in [-0.3, -0.25) is 0 Å². The lowest BCUT2D eigenvalue weighted by Crippen LogP contribution is -2.29. The van der Waals surface area contributed by atoms with Crippen LogP contribution in [0.5, 0.6) is 0 Å². The van der Waals surface area contributed by atoms with Gasteiger partial charge in [0.25, 0.3) is 0 Å². The van der Waals surface area contributed by atoms with Gasteiger partial charge >= 0.3 is 0 Å². The Kier molecular flexibility index (Phi) is 5.82. The van der Waals surface area contributed by atoms with E-state index in [1.54, 1.807) is 13.8 Å². The largest absolute Gasteiger partial charge is 0.309 e. The minimum atomic E-state index is -2.96. The third kappa shape index (κ3) is 4.37. The summed E-state index contributed by atoms with van der Waals surface area (Å²) in [7, 11) is -2.96. The molecule has 0 saturated heterocycles. The highest BCUT2D eigenvalue weighted by atomic mass is 79.9. The Morgan fingerprint density at radius 3 is 2.39 bits per heavy atom. The Morgan fingerprint density at radius 2 is 1.83 bits per heavy atom. The lowest BCUT2D eigenvalue weighted by molar-refractivity contribution is 0.566. The molecule has 5 heteroatoms. The molecular formula is C13H20BrNO2S. The molecule has 3 nitrogen and oxygen atoms in total. The number of sulfone groups is 1. The van der Waals surface area contributed by atoms with Crippen LogP contribution in [0.1, 0.15) is 32.4 Å². The molecule has 18 heavy (non-hydrogen) atoms. The van der Waals surface area contributed by atoms with Gasteiger partial charge in [0.1, 0.15) is 0 Å². The molecule has 102 valence electrons. The van der Waals surface area contributed by atoms with Crippen LogP contribution in [0.3, 0.4) is 0 Å². The molecule has 0 amide bonds. The van der Waals surface area contributed by atoms with E-state index in [0.717, 1.165) is 10.0 Å². The number of hydrogen-bond donors (Lipinski definition) is 1. The summed E-state index contributed by atoms with van der Waals surface area (Å²) in [5, 5.41) is 2.93. The van der Waals surface area contributed by atoms with E-state index in [1.165, 1.54) is 0 Å². The molecule has 0 fully saturated rings. The van der Waals surface area contributed by atoms with Crippen molar-refractivity contribution in [3.8, 4) is 0 Å². The molecule has 0 heterocycles. The van der Waals surface area contributed by atoms with Crippen molar-refractivity contribution in [3.05, 3.63) is 34.3 Å². The second-order valence-corrected chi connectivity index (χ2v) is 8.14. The van der Waals surface area contributed by atoms with Gasteiger partial charge in [0, 0.05) is 17.1 Å². The van der Waals surface area contributed by atoms with Gasteiger partial charge in [0.05, 0.1) is 11.0 Å². The fourth-order valence-corrected chi connectivity index (χ4v) is 3.09. The minimum Gasteiger partial charge on any atom is -0.309 e. The zero-order valence-corrected chi connectivity index (χ0v) is 13.4. The normalized spacial score (nSPS) is 13.8. The predicted octanol–water partition coefficient (Wildman–Crippen LogP) is 2.92. The summed E-state index contributed by atoms with van der Waals surface area (Å²) in [6, 6.07) is 8.08. The Hall–Kier alpha value is -0.390. The molecule has 0 aliphatic carbocycles. The van der Waals surface area contributed by atoms with Crippen molar-refractivity contribution in [3.63, 3.8) is 0 Å². The summed E-state index contributed by atoms with van der Waals surface area (Å²) in [5.41, 5.74) is 1.14. The Morgan fingerprint density at radius 1 is 1.22 bits per heavy atom. The van der Waals surface area contributed by atoms with Crippen LogP contribution in [0.15, 0.2) is 28.7 Å². The van der Waals surface area contributed by atoms with Gasteiger partial charge in [-0.2, -0.15) is 0 Å². The lowest BCUT2D eigenvalue weighted by atomic mass is 10.1. The van der Waals surface area contributed by atoms with Gasteiger partial charge in [0.2, 0.25) is 0 Å². The molecule has 0 spiro atoms. The van der Waals surface area contributed by atoms with E-state index < -0.39 is 9.84 Å². The third-order valence-corrected chi connectivity index (χ3v) is 5.86. The summed E-state index contributed by atoms with van der Waals surface area (Å²) < 4.78 is 24.4. The fourth-order valence-electron chi connectivity index (χ4n) is 1.59. The molecule has 0 unspecified atom stereocenters. The summed E-state index contributed by atoms with van der Waals surface area (Å²) in [4.78, 5) is 0. The van der Waals surface area contributed by atoms with Crippen LogP contribution in [0, 0.1) is 0 Å². The van der Waals surface area contributed by atoms with Gasteiger partial charge in [-0.15, -0.1) is 0 Å². The average molecular weight is 334 g/mol. The first kappa shape index (κ1) is 15.7. The van der Waals surface area contributed by atoms with Crippen LogP contribution >= 0.6 is 15.9 Å². The van der Waals surface area contributed by atoms with E-state index in [2.05, 4.69) is 21.2 Å². The maximum atomic E-state index is 11.7. The standard InChI is InChI=1S/C13H20BrNO2S/c1-10(2)18(16,17)9-8-15-11(3)12-6-4-5-7-13(12)14/h4-7,10-11,15H,8-9H2,1-3H3/t11-/m1/s1. The fraction of sp³-hybridized carbons (Fsp3) is 0.538. The van der Waals surface area contributed by atoms with Crippen LogP contribution in [-0.4, -0.2) is 26.0 Å². The van der Waals surface area contributed by atoms with Gasteiger partial charge in [-0.05, 0) is 32.4 Å². The van der Waals surface area contributed by atoms with Crippen LogP contribution in [0.25, 0.3) is 0 Å². The second kappa shape index (κ2) is 6.68. The zero-order valence-electron chi connectivity index (χ0n) is 11.0. The first-order valence-corrected chi connectivity index (χ1v) is 8.55. The van der Waals surface area contributed by atoms with Gasteiger partial charge in [-0.25, -0.2) is 8.42 Å². The SMILES string of the molecule is CC(C)S(=O)(=O)CCN[C@H](C)c1ccccc1Br. The Balaban J connectivity index is 2.53. The van der Waals surface area contributed by atoms with E-state index >= 15 is 0 Å². The third-order valence-electron chi connectivity index (χ3n) is 2.93. The minimum absolute atomic E-state index is 0.128. The first-order chi connectivity index (χ1) is 8.34. The molecule has 0 radical (unpaired) electrons. The number of halogens is 1. The van der Waals surface area contributed by atoms with Crippen molar-refractivity contribution < 1.29 is 8.42 Å². The van der Waals surface area contributed by atoms with Gasteiger partial charge < -0.3 is 5.32 Å². The zero-order chi connectivity index (χ0) is 13.8. The van der Waals surface area contributed by atoms with Gasteiger partial charge in [0.15, 0.2) is 9.84 Å². The highest BCUT2D eigenvalue weighted by Crippen LogP contribution is 2.22. The maximum Gasteiger partial charge on any atom is 0.153 e. The molecule has 0 aliphatic rings. The monoisotopic (exact) mass is 333 g/mol. The molecule has 1 aromatic carbocycles. The Labute approximate surface area is 118 Å². The summed E-state index contributed by atoms with van der Waals surface area (Å²) in [5.74, 6) is 0.180. The number of nitrogens with one attached hydrogen (secondary N) is 1. The van der Waals surface area contributed by atoms with E-state index in [1.807, 2.05) is 31.2 Å². The summed E-state index contributed by atoms with van der Waals surface area (Å²) in [6.45, 7) is 5.93. The number of hydrogen-bond acceptors (Lipinski definition) is 3. The predicted molar refractivity (Wildman–Crippen MR) is 79.5 cm³/mol. The van der Waals surface area contributed by atoms with E-state index in [0.29, 0.717) is 6.54 Å². The van der Waals surface area contributed by atoms with Crippen molar-refractivity contribution >= 4 is 25.8 Å².